The molecule has 0 aliphatic rings. The molecule has 1 aromatic carbocycles. The third kappa shape index (κ3) is 9.90. The normalized spacial score (nSPS) is 12.5. The van der Waals surface area contributed by atoms with Crippen molar-refractivity contribution in [3.63, 3.8) is 0 Å². The Labute approximate surface area is 176 Å². The van der Waals surface area contributed by atoms with Crippen molar-refractivity contribution in [1.82, 2.24) is 5.32 Å². The van der Waals surface area contributed by atoms with Gasteiger partial charge in [-0.1, -0.05) is 0 Å². The second-order valence-electron chi connectivity index (χ2n) is 8.70. The van der Waals surface area contributed by atoms with Crippen molar-refractivity contribution in [2.24, 2.45) is 0 Å². The van der Waals surface area contributed by atoms with Crippen LogP contribution in [0.4, 0.5) is 10.5 Å². The van der Waals surface area contributed by atoms with Crippen LogP contribution in [0.25, 0.3) is 0 Å². The number of aliphatic carboxylic acids is 1. The Morgan fingerprint density at radius 3 is 1.93 bits per heavy atom. The van der Waals surface area contributed by atoms with E-state index < -0.39 is 41.2 Å². The van der Waals surface area contributed by atoms with Gasteiger partial charge in [-0.25, -0.2) is 9.59 Å². The molecular formula is C21H30N2O7. The molecule has 3 N–H and O–H groups in total. The molecule has 1 unspecified atom stereocenters. The lowest BCUT2D eigenvalue weighted by atomic mass is 10.1. The molecule has 9 nitrogen and oxygen atoms in total. The van der Waals surface area contributed by atoms with E-state index in [2.05, 4.69) is 10.6 Å². The smallest absolute Gasteiger partial charge is 0.408 e. The van der Waals surface area contributed by atoms with Gasteiger partial charge in [0, 0.05) is 12.1 Å². The molecule has 30 heavy (non-hydrogen) atoms. The van der Waals surface area contributed by atoms with E-state index in [1.807, 2.05) is 0 Å². The summed E-state index contributed by atoms with van der Waals surface area (Å²) in [6.07, 6.45) is -1.25. The second kappa shape index (κ2) is 10.1. The molecule has 0 aromatic heterocycles. The van der Waals surface area contributed by atoms with Crippen molar-refractivity contribution >= 4 is 29.6 Å². The standard InChI is InChI=1S/C21H30N2O7/c1-20(2,3)29-18(27)13-7-9-14(10-8-13)22-17(26)15(11-12-16(24)25)23-19(28)30-21(4,5)6/h7-10,15H,11-12H2,1-6H3,(H,22,26)(H,23,28)(H,24,25). The summed E-state index contributed by atoms with van der Waals surface area (Å²) in [5, 5.41) is 13.9. The molecule has 0 aliphatic carbocycles. The van der Waals surface area contributed by atoms with Crippen LogP contribution in [0, 0.1) is 0 Å². The Morgan fingerprint density at radius 2 is 1.47 bits per heavy atom. The van der Waals surface area contributed by atoms with E-state index in [-0.39, 0.29) is 12.8 Å². The number of ether oxygens (including phenoxy) is 2. The van der Waals surface area contributed by atoms with Gasteiger partial charge in [-0.3, -0.25) is 9.59 Å². The molecule has 1 aromatic rings. The van der Waals surface area contributed by atoms with Gasteiger partial charge in [0.25, 0.3) is 0 Å². The van der Waals surface area contributed by atoms with Crippen LogP contribution in [0.3, 0.4) is 0 Å². The molecular weight excluding hydrogens is 392 g/mol. The molecule has 0 radical (unpaired) electrons. The van der Waals surface area contributed by atoms with Crippen molar-refractivity contribution < 1.29 is 33.8 Å². The molecule has 1 rings (SSSR count). The van der Waals surface area contributed by atoms with Gasteiger partial charge in [-0.2, -0.15) is 0 Å². The summed E-state index contributed by atoms with van der Waals surface area (Å²) in [6.45, 7) is 10.3. The second-order valence-corrected chi connectivity index (χ2v) is 8.70. The van der Waals surface area contributed by atoms with Crippen molar-refractivity contribution in [3.05, 3.63) is 29.8 Å². The number of nitrogens with one attached hydrogen (secondary N) is 2. The molecule has 2 amide bonds. The number of alkyl carbamates (subject to hydrolysis) is 1. The number of anilines is 1. The number of rotatable bonds is 7. The van der Waals surface area contributed by atoms with E-state index >= 15 is 0 Å². The van der Waals surface area contributed by atoms with Crippen LogP contribution in [-0.2, 0) is 19.1 Å². The van der Waals surface area contributed by atoms with E-state index in [0.717, 1.165) is 0 Å². The summed E-state index contributed by atoms with van der Waals surface area (Å²) >= 11 is 0. The van der Waals surface area contributed by atoms with E-state index in [1.165, 1.54) is 24.3 Å². The van der Waals surface area contributed by atoms with E-state index in [4.69, 9.17) is 14.6 Å². The highest BCUT2D eigenvalue weighted by atomic mass is 16.6. The van der Waals surface area contributed by atoms with Gasteiger partial charge in [0.15, 0.2) is 0 Å². The van der Waals surface area contributed by atoms with Gasteiger partial charge < -0.3 is 25.2 Å². The third-order valence-corrected chi connectivity index (χ3v) is 3.44. The van der Waals surface area contributed by atoms with E-state index in [9.17, 15) is 19.2 Å². The minimum Gasteiger partial charge on any atom is -0.481 e. The van der Waals surface area contributed by atoms with Crippen LogP contribution in [-0.4, -0.2) is 46.3 Å². The maximum atomic E-state index is 12.6. The summed E-state index contributed by atoms with van der Waals surface area (Å²) in [5.41, 5.74) is -0.708. The molecule has 0 saturated carbocycles. The van der Waals surface area contributed by atoms with Crippen LogP contribution < -0.4 is 10.6 Å². The number of esters is 1. The molecule has 0 spiro atoms. The van der Waals surface area contributed by atoms with Crippen molar-refractivity contribution in [2.45, 2.75) is 71.6 Å². The molecule has 0 heterocycles. The Balaban J connectivity index is 2.83. The number of carbonyl (C=O) groups is 4. The first-order valence-corrected chi connectivity index (χ1v) is 9.52. The summed E-state index contributed by atoms with van der Waals surface area (Å²) in [6, 6.07) is 4.91. The first kappa shape index (κ1) is 24.9. The zero-order chi connectivity index (χ0) is 23.1. The fourth-order valence-electron chi connectivity index (χ4n) is 2.24. The van der Waals surface area contributed by atoms with Gasteiger partial charge >= 0.3 is 18.0 Å². The van der Waals surface area contributed by atoms with Crippen LogP contribution >= 0.6 is 0 Å². The van der Waals surface area contributed by atoms with Crippen molar-refractivity contribution in [3.8, 4) is 0 Å². The maximum Gasteiger partial charge on any atom is 0.408 e. The third-order valence-electron chi connectivity index (χ3n) is 3.44. The fraction of sp³-hybridized carbons (Fsp3) is 0.524. The van der Waals surface area contributed by atoms with Crippen LogP contribution in [0.15, 0.2) is 24.3 Å². The topological polar surface area (TPSA) is 131 Å². The van der Waals surface area contributed by atoms with Gasteiger partial charge in [-0.05, 0) is 72.2 Å². The number of carbonyl (C=O) groups excluding carboxylic acids is 3. The lowest BCUT2D eigenvalue weighted by Gasteiger charge is -2.23. The summed E-state index contributed by atoms with van der Waals surface area (Å²) < 4.78 is 10.4. The monoisotopic (exact) mass is 422 g/mol. The zero-order valence-electron chi connectivity index (χ0n) is 18.2. The summed E-state index contributed by atoms with van der Waals surface area (Å²) in [4.78, 5) is 47.5. The number of carboxylic acids is 1. The predicted octanol–water partition coefficient (Wildman–Crippen LogP) is 3.34. The van der Waals surface area contributed by atoms with Gasteiger partial charge in [0.2, 0.25) is 5.91 Å². The van der Waals surface area contributed by atoms with Crippen LogP contribution in [0.1, 0.15) is 64.7 Å². The number of amides is 2. The molecule has 0 bridgehead atoms. The van der Waals surface area contributed by atoms with Gasteiger partial charge in [0.05, 0.1) is 5.56 Å². The quantitative estimate of drug-likeness (QED) is 0.574. The minimum absolute atomic E-state index is 0.115. The largest absolute Gasteiger partial charge is 0.481 e. The average Bonchev–Trinajstić information content (AvgIpc) is 2.55. The predicted molar refractivity (Wildman–Crippen MR) is 110 cm³/mol. The minimum atomic E-state index is -1.11. The highest BCUT2D eigenvalue weighted by Crippen LogP contribution is 2.16. The summed E-state index contributed by atoms with van der Waals surface area (Å²) in [7, 11) is 0. The molecule has 0 aliphatic heterocycles. The van der Waals surface area contributed by atoms with Gasteiger partial charge in [0.1, 0.15) is 17.2 Å². The maximum absolute atomic E-state index is 12.6. The molecule has 166 valence electrons. The van der Waals surface area contributed by atoms with Crippen molar-refractivity contribution in [2.75, 3.05) is 5.32 Å². The first-order chi connectivity index (χ1) is 13.7. The summed E-state index contributed by atoms with van der Waals surface area (Å²) in [5.74, 6) is -2.20. The first-order valence-electron chi connectivity index (χ1n) is 9.52. The zero-order valence-corrected chi connectivity index (χ0v) is 18.2. The number of carboxylic acid groups (broad SMARTS) is 1. The number of benzene rings is 1. The Hall–Kier alpha value is -3.10. The molecule has 1 atom stereocenters. The number of hydrogen-bond acceptors (Lipinski definition) is 6. The van der Waals surface area contributed by atoms with E-state index in [1.54, 1.807) is 41.5 Å². The number of hydrogen-bond donors (Lipinski definition) is 3. The molecule has 9 heteroatoms. The van der Waals surface area contributed by atoms with Crippen molar-refractivity contribution in [1.29, 1.82) is 0 Å². The lowest BCUT2D eigenvalue weighted by molar-refractivity contribution is -0.137. The van der Waals surface area contributed by atoms with Crippen LogP contribution in [0.2, 0.25) is 0 Å². The fourth-order valence-corrected chi connectivity index (χ4v) is 2.24. The SMILES string of the molecule is CC(C)(C)OC(=O)NC(CCC(=O)O)C(=O)Nc1ccc(C(=O)OC(C)(C)C)cc1. The molecule has 0 fully saturated rings. The Morgan fingerprint density at radius 1 is 0.933 bits per heavy atom. The Kier molecular flexibility index (Phi) is 8.38. The lowest BCUT2D eigenvalue weighted by Crippen LogP contribution is -2.46. The highest BCUT2D eigenvalue weighted by molar-refractivity contribution is 5.97. The average molecular weight is 422 g/mol. The van der Waals surface area contributed by atoms with E-state index in [0.29, 0.717) is 11.3 Å². The molecule has 0 saturated heterocycles. The van der Waals surface area contributed by atoms with Gasteiger partial charge in [-0.15, -0.1) is 0 Å². The highest BCUT2D eigenvalue weighted by Gasteiger charge is 2.25. The van der Waals surface area contributed by atoms with Crippen LogP contribution in [0.5, 0.6) is 0 Å². The Bertz CT molecular complexity index is 774.